The highest BCUT2D eigenvalue weighted by Crippen LogP contribution is 2.08. The summed E-state index contributed by atoms with van der Waals surface area (Å²) in [5, 5.41) is 17.8. The lowest BCUT2D eigenvalue weighted by Crippen LogP contribution is -2.35. The van der Waals surface area contributed by atoms with Crippen molar-refractivity contribution in [2.45, 2.75) is 6.42 Å². The molecule has 5 nitrogen and oxygen atoms in total. The summed E-state index contributed by atoms with van der Waals surface area (Å²) in [7, 11) is 0. The molecule has 5 heteroatoms. The Kier molecular flexibility index (Phi) is 6.35. The Morgan fingerprint density at radius 2 is 1.67 bits per heavy atom. The van der Waals surface area contributed by atoms with E-state index in [1.54, 1.807) is 12.1 Å². The van der Waals surface area contributed by atoms with Gasteiger partial charge in [0, 0.05) is 18.7 Å². The SMILES string of the molecule is NCCc1ccc(C(=O)N(CCO)CCO)cc1. The normalized spacial score (nSPS) is 10.4. The molecule has 0 atom stereocenters. The molecule has 0 aliphatic heterocycles. The van der Waals surface area contributed by atoms with Gasteiger partial charge in [0.2, 0.25) is 0 Å². The Morgan fingerprint density at radius 3 is 2.11 bits per heavy atom. The van der Waals surface area contributed by atoms with E-state index in [-0.39, 0.29) is 32.2 Å². The second-order valence-corrected chi connectivity index (χ2v) is 3.98. The van der Waals surface area contributed by atoms with Crippen molar-refractivity contribution in [1.29, 1.82) is 0 Å². The molecular weight excluding hydrogens is 232 g/mol. The van der Waals surface area contributed by atoms with Crippen LogP contribution in [0.3, 0.4) is 0 Å². The van der Waals surface area contributed by atoms with Gasteiger partial charge >= 0.3 is 0 Å². The van der Waals surface area contributed by atoms with Gasteiger partial charge in [-0.05, 0) is 30.7 Å². The van der Waals surface area contributed by atoms with Gasteiger partial charge in [0.25, 0.3) is 5.91 Å². The van der Waals surface area contributed by atoms with E-state index >= 15 is 0 Å². The van der Waals surface area contributed by atoms with Gasteiger partial charge in [-0.2, -0.15) is 0 Å². The fourth-order valence-corrected chi connectivity index (χ4v) is 1.72. The number of carbonyl (C=O) groups is 1. The average Bonchev–Trinajstić information content (AvgIpc) is 2.39. The Hall–Kier alpha value is -1.43. The van der Waals surface area contributed by atoms with Crippen LogP contribution in [0.5, 0.6) is 0 Å². The van der Waals surface area contributed by atoms with Crippen molar-refractivity contribution in [2.75, 3.05) is 32.8 Å². The molecule has 0 saturated carbocycles. The molecule has 100 valence electrons. The van der Waals surface area contributed by atoms with Crippen molar-refractivity contribution in [3.05, 3.63) is 35.4 Å². The van der Waals surface area contributed by atoms with Gasteiger partial charge in [-0.3, -0.25) is 4.79 Å². The van der Waals surface area contributed by atoms with Gasteiger partial charge in [0.1, 0.15) is 0 Å². The molecule has 0 aromatic heterocycles. The van der Waals surface area contributed by atoms with Crippen molar-refractivity contribution < 1.29 is 15.0 Å². The third kappa shape index (κ3) is 4.10. The third-order valence-corrected chi connectivity index (χ3v) is 2.66. The quantitative estimate of drug-likeness (QED) is 0.617. The highest BCUT2D eigenvalue weighted by atomic mass is 16.3. The van der Waals surface area contributed by atoms with E-state index in [0.717, 1.165) is 12.0 Å². The number of carbonyl (C=O) groups excluding carboxylic acids is 1. The second kappa shape index (κ2) is 7.81. The molecule has 1 rings (SSSR count). The summed E-state index contributed by atoms with van der Waals surface area (Å²) in [6, 6.07) is 7.23. The molecular formula is C13H20N2O3. The lowest BCUT2D eigenvalue weighted by molar-refractivity contribution is 0.0685. The monoisotopic (exact) mass is 252 g/mol. The first-order chi connectivity index (χ1) is 8.72. The highest BCUT2D eigenvalue weighted by molar-refractivity contribution is 5.94. The summed E-state index contributed by atoms with van der Waals surface area (Å²) in [5.41, 5.74) is 7.10. The average molecular weight is 252 g/mol. The summed E-state index contributed by atoms with van der Waals surface area (Å²) < 4.78 is 0. The fraction of sp³-hybridized carbons (Fsp3) is 0.462. The van der Waals surface area contributed by atoms with Crippen molar-refractivity contribution in [1.82, 2.24) is 4.90 Å². The van der Waals surface area contributed by atoms with Crippen molar-refractivity contribution in [3.8, 4) is 0 Å². The molecule has 4 N–H and O–H groups in total. The molecule has 0 fully saturated rings. The minimum absolute atomic E-state index is 0.114. The molecule has 18 heavy (non-hydrogen) atoms. The zero-order valence-corrected chi connectivity index (χ0v) is 10.4. The van der Waals surface area contributed by atoms with Gasteiger partial charge < -0.3 is 20.8 Å². The maximum Gasteiger partial charge on any atom is 0.254 e. The molecule has 0 radical (unpaired) electrons. The smallest absolute Gasteiger partial charge is 0.254 e. The van der Waals surface area contributed by atoms with Crippen LogP contribution in [0.15, 0.2) is 24.3 Å². The van der Waals surface area contributed by atoms with Gasteiger partial charge in [0.15, 0.2) is 0 Å². The molecule has 0 heterocycles. The maximum absolute atomic E-state index is 12.1. The van der Waals surface area contributed by atoms with Crippen LogP contribution in [0.25, 0.3) is 0 Å². The van der Waals surface area contributed by atoms with Crippen molar-refractivity contribution in [2.24, 2.45) is 5.73 Å². The van der Waals surface area contributed by atoms with Crippen LogP contribution in [0.4, 0.5) is 0 Å². The standard InChI is InChI=1S/C13H20N2O3/c14-6-5-11-1-3-12(4-2-11)13(18)15(7-9-16)8-10-17/h1-4,16-17H,5-10,14H2. The van der Waals surface area contributed by atoms with Crippen molar-refractivity contribution in [3.63, 3.8) is 0 Å². The molecule has 1 aromatic rings. The Balaban J connectivity index is 2.74. The number of hydrogen-bond acceptors (Lipinski definition) is 4. The van der Waals surface area contributed by atoms with E-state index in [9.17, 15) is 4.79 Å². The van der Waals surface area contributed by atoms with Gasteiger partial charge in [-0.15, -0.1) is 0 Å². The molecule has 0 spiro atoms. The fourth-order valence-electron chi connectivity index (χ4n) is 1.72. The summed E-state index contributed by atoms with van der Waals surface area (Å²) in [6.07, 6.45) is 0.783. The van der Waals surface area contributed by atoms with Gasteiger partial charge in [-0.25, -0.2) is 0 Å². The van der Waals surface area contributed by atoms with Crippen LogP contribution >= 0.6 is 0 Å². The molecule has 0 unspecified atom stereocenters. The second-order valence-electron chi connectivity index (χ2n) is 3.98. The number of aliphatic hydroxyl groups is 2. The number of aliphatic hydroxyl groups excluding tert-OH is 2. The van der Waals surface area contributed by atoms with Crippen LogP contribution in [0.2, 0.25) is 0 Å². The topological polar surface area (TPSA) is 86.8 Å². The third-order valence-electron chi connectivity index (χ3n) is 2.66. The first kappa shape index (κ1) is 14.6. The predicted octanol–water partition coefficient (Wildman–Crippen LogP) is -0.385. The highest BCUT2D eigenvalue weighted by Gasteiger charge is 2.14. The van der Waals surface area contributed by atoms with Crippen LogP contribution in [-0.2, 0) is 6.42 Å². The van der Waals surface area contributed by atoms with E-state index in [4.69, 9.17) is 15.9 Å². The summed E-state index contributed by atoms with van der Waals surface area (Å²) in [4.78, 5) is 13.5. The zero-order chi connectivity index (χ0) is 13.4. The van der Waals surface area contributed by atoms with Gasteiger partial charge in [0.05, 0.1) is 13.2 Å². The number of benzene rings is 1. The summed E-state index contributed by atoms with van der Waals surface area (Å²) in [6.45, 7) is 0.802. The van der Waals surface area contributed by atoms with E-state index < -0.39 is 0 Å². The Bertz CT molecular complexity index is 359. The van der Waals surface area contributed by atoms with Crippen LogP contribution in [0.1, 0.15) is 15.9 Å². The molecule has 0 saturated heterocycles. The Morgan fingerprint density at radius 1 is 1.11 bits per heavy atom. The minimum atomic E-state index is -0.183. The van der Waals surface area contributed by atoms with Gasteiger partial charge in [-0.1, -0.05) is 12.1 Å². The molecule has 1 amide bonds. The lowest BCUT2D eigenvalue weighted by Gasteiger charge is -2.20. The number of nitrogens with two attached hydrogens (primary N) is 1. The molecule has 1 aromatic carbocycles. The van der Waals surface area contributed by atoms with E-state index in [1.807, 2.05) is 12.1 Å². The Labute approximate surface area is 107 Å². The number of rotatable bonds is 7. The van der Waals surface area contributed by atoms with Crippen LogP contribution in [-0.4, -0.2) is 53.9 Å². The van der Waals surface area contributed by atoms with E-state index in [0.29, 0.717) is 12.1 Å². The zero-order valence-electron chi connectivity index (χ0n) is 10.4. The number of nitrogens with zero attached hydrogens (tertiary/aromatic N) is 1. The van der Waals surface area contributed by atoms with Crippen LogP contribution < -0.4 is 5.73 Å². The minimum Gasteiger partial charge on any atom is -0.395 e. The largest absolute Gasteiger partial charge is 0.395 e. The maximum atomic E-state index is 12.1. The van der Waals surface area contributed by atoms with Crippen LogP contribution in [0, 0.1) is 0 Å². The van der Waals surface area contributed by atoms with E-state index in [1.165, 1.54) is 4.90 Å². The summed E-state index contributed by atoms with van der Waals surface area (Å²) in [5.74, 6) is -0.183. The molecule has 0 bridgehead atoms. The molecule has 0 aliphatic carbocycles. The number of hydrogen-bond donors (Lipinski definition) is 3. The van der Waals surface area contributed by atoms with Crippen molar-refractivity contribution >= 4 is 5.91 Å². The summed E-state index contributed by atoms with van der Waals surface area (Å²) >= 11 is 0. The predicted molar refractivity (Wildman–Crippen MR) is 69.3 cm³/mol. The first-order valence-corrected chi connectivity index (χ1v) is 6.03. The lowest BCUT2D eigenvalue weighted by atomic mass is 10.1. The van der Waals surface area contributed by atoms with E-state index in [2.05, 4.69) is 0 Å². The number of amides is 1. The first-order valence-electron chi connectivity index (χ1n) is 6.03. The molecule has 0 aliphatic rings.